The lowest BCUT2D eigenvalue weighted by Gasteiger charge is -2.18. The van der Waals surface area contributed by atoms with Crippen molar-refractivity contribution in [3.05, 3.63) is 12.2 Å². The van der Waals surface area contributed by atoms with Crippen LogP contribution >= 0.6 is 0 Å². The zero-order valence-electron chi connectivity index (χ0n) is 10.9. The zero-order valence-corrected chi connectivity index (χ0v) is 10.9. The van der Waals surface area contributed by atoms with Gasteiger partial charge in [-0.15, -0.1) is 0 Å². The number of hydrogen-bond donors (Lipinski definition) is 0. The summed E-state index contributed by atoms with van der Waals surface area (Å²) in [6.07, 6.45) is 7.81. The largest absolute Gasteiger partial charge is 0.465 e. The molecule has 1 aliphatic heterocycles. The van der Waals surface area contributed by atoms with Crippen LogP contribution in [0.2, 0.25) is 0 Å². The van der Waals surface area contributed by atoms with Gasteiger partial charge in [0.1, 0.15) is 0 Å². The fraction of sp³-hybridized carbons (Fsp3) is 0.714. The number of nitrogens with zero attached hydrogens (tertiary/aromatic N) is 1. The zero-order chi connectivity index (χ0) is 13.0. The molecular weight excluding hydrogens is 230 g/mol. The number of carbonyl (C=O) groups excluding carboxylic acids is 2. The predicted molar refractivity (Wildman–Crippen MR) is 67.8 cm³/mol. The topological polar surface area (TPSA) is 46.6 Å². The molecule has 0 aromatic heterocycles. The van der Waals surface area contributed by atoms with Crippen molar-refractivity contribution in [2.45, 2.75) is 32.6 Å². The number of likely N-dealkylation sites (tertiary alicyclic amines) is 1. The molecule has 0 bridgehead atoms. The molecule has 0 aromatic carbocycles. The molecule has 0 aromatic rings. The maximum Gasteiger partial charge on any atom is 0.311 e. The number of hydrogen-bond acceptors (Lipinski definition) is 3. The van der Waals surface area contributed by atoms with Gasteiger partial charge in [0.25, 0.3) is 0 Å². The first-order valence-corrected chi connectivity index (χ1v) is 6.80. The average Bonchev–Trinajstić information content (AvgIpc) is 2.78. The van der Waals surface area contributed by atoms with Gasteiger partial charge < -0.3 is 9.64 Å². The summed E-state index contributed by atoms with van der Waals surface area (Å²) >= 11 is 0. The Morgan fingerprint density at radius 3 is 2.94 bits per heavy atom. The molecule has 1 saturated heterocycles. The minimum Gasteiger partial charge on any atom is -0.465 e. The second-order valence-electron chi connectivity index (χ2n) is 5.11. The van der Waals surface area contributed by atoms with Crippen molar-refractivity contribution in [3.63, 3.8) is 0 Å². The third-order valence-corrected chi connectivity index (χ3v) is 3.77. The third kappa shape index (κ3) is 3.12. The van der Waals surface area contributed by atoms with Crippen LogP contribution in [0.15, 0.2) is 12.2 Å². The summed E-state index contributed by atoms with van der Waals surface area (Å²) in [6, 6.07) is 0. The number of amides is 1. The number of allylic oxidation sites excluding steroid dienone is 2. The number of carbonyl (C=O) groups is 2. The van der Waals surface area contributed by atoms with Crippen LogP contribution in [0.3, 0.4) is 0 Å². The molecule has 2 atom stereocenters. The molecule has 1 aliphatic carbocycles. The van der Waals surface area contributed by atoms with E-state index in [9.17, 15) is 9.59 Å². The van der Waals surface area contributed by atoms with E-state index < -0.39 is 0 Å². The van der Waals surface area contributed by atoms with E-state index >= 15 is 0 Å². The van der Waals surface area contributed by atoms with Gasteiger partial charge in [0, 0.05) is 19.5 Å². The molecule has 2 rings (SSSR count). The van der Waals surface area contributed by atoms with Gasteiger partial charge in [-0.05, 0) is 32.1 Å². The summed E-state index contributed by atoms with van der Waals surface area (Å²) in [5, 5.41) is 0. The van der Waals surface area contributed by atoms with Gasteiger partial charge in [-0.2, -0.15) is 0 Å². The molecule has 4 nitrogen and oxygen atoms in total. The first-order chi connectivity index (χ1) is 8.70. The predicted octanol–water partition coefficient (Wildman–Crippen LogP) is 1.75. The van der Waals surface area contributed by atoms with Crippen LogP contribution in [0.25, 0.3) is 0 Å². The monoisotopic (exact) mass is 251 g/mol. The van der Waals surface area contributed by atoms with Gasteiger partial charge >= 0.3 is 5.97 Å². The lowest BCUT2D eigenvalue weighted by Crippen LogP contribution is -2.27. The van der Waals surface area contributed by atoms with Crippen molar-refractivity contribution >= 4 is 11.9 Å². The Morgan fingerprint density at radius 2 is 2.33 bits per heavy atom. The summed E-state index contributed by atoms with van der Waals surface area (Å²) < 4.78 is 5.35. The van der Waals surface area contributed by atoms with Crippen molar-refractivity contribution in [1.29, 1.82) is 0 Å². The summed E-state index contributed by atoms with van der Waals surface area (Å²) in [4.78, 5) is 25.1. The Labute approximate surface area is 108 Å². The Balaban J connectivity index is 1.75. The van der Waals surface area contributed by atoms with E-state index in [1.807, 2.05) is 6.92 Å². The van der Waals surface area contributed by atoms with Crippen molar-refractivity contribution < 1.29 is 14.3 Å². The van der Waals surface area contributed by atoms with Crippen LogP contribution in [0.5, 0.6) is 0 Å². The van der Waals surface area contributed by atoms with E-state index in [1.165, 1.54) is 0 Å². The van der Waals surface area contributed by atoms with Crippen molar-refractivity contribution in [3.8, 4) is 0 Å². The second kappa shape index (κ2) is 6.03. The highest BCUT2D eigenvalue weighted by molar-refractivity contribution is 5.86. The van der Waals surface area contributed by atoms with E-state index in [4.69, 9.17) is 4.74 Å². The van der Waals surface area contributed by atoms with Gasteiger partial charge in [0.2, 0.25) is 5.91 Å². The lowest BCUT2D eigenvalue weighted by atomic mass is 9.95. The smallest absolute Gasteiger partial charge is 0.311 e. The van der Waals surface area contributed by atoms with Crippen molar-refractivity contribution in [2.24, 2.45) is 11.8 Å². The minimum absolute atomic E-state index is 0.0695. The molecule has 2 aliphatic rings. The van der Waals surface area contributed by atoms with Crippen LogP contribution in [0.4, 0.5) is 0 Å². The molecule has 0 saturated carbocycles. The van der Waals surface area contributed by atoms with E-state index in [-0.39, 0.29) is 17.8 Å². The molecule has 0 radical (unpaired) electrons. The molecule has 18 heavy (non-hydrogen) atoms. The number of esters is 1. The van der Waals surface area contributed by atoms with Crippen LogP contribution < -0.4 is 0 Å². The molecule has 1 fully saturated rings. The molecule has 0 N–H and O–H groups in total. The summed E-state index contributed by atoms with van der Waals surface area (Å²) in [6.45, 7) is 3.63. The normalized spacial score (nSPS) is 27.6. The lowest BCUT2D eigenvalue weighted by molar-refractivity contribution is -0.149. The highest BCUT2D eigenvalue weighted by Gasteiger charge is 2.34. The minimum atomic E-state index is -0.253. The van der Waals surface area contributed by atoms with Crippen LogP contribution in [-0.4, -0.2) is 36.5 Å². The Kier molecular flexibility index (Phi) is 4.39. The van der Waals surface area contributed by atoms with Gasteiger partial charge in [0.05, 0.1) is 12.5 Å². The fourth-order valence-electron chi connectivity index (χ4n) is 2.56. The van der Waals surface area contributed by atoms with Gasteiger partial charge in [-0.1, -0.05) is 12.2 Å². The van der Waals surface area contributed by atoms with Crippen molar-refractivity contribution in [1.82, 2.24) is 4.90 Å². The van der Waals surface area contributed by atoms with Crippen LogP contribution in [0.1, 0.15) is 32.6 Å². The number of ether oxygens (including phenoxy) is 1. The summed E-state index contributed by atoms with van der Waals surface area (Å²) in [5.74, 6) is 0.0730. The molecule has 0 unspecified atom stereocenters. The van der Waals surface area contributed by atoms with Gasteiger partial charge in [-0.25, -0.2) is 0 Å². The Morgan fingerprint density at radius 1 is 1.50 bits per heavy atom. The molecular formula is C14H21NO3. The third-order valence-electron chi connectivity index (χ3n) is 3.77. The summed E-state index contributed by atoms with van der Waals surface area (Å²) in [7, 11) is 0. The second-order valence-corrected chi connectivity index (χ2v) is 5.11. The SMILES string of the molecule is CCN1C[C@H](C(=O)OC[C@@H]2CC=CCC2)CC1=O. The van der Waals surface area contributed by atoms with E-state index in [1.54, 1.807) is 4.90 Å². The maximum atomic E-state index is 11.9. The molecule has 4 heteroatoms. The molecule has 0 spiro atoms. The first kappa shape index (κ1) is 13.1. The molecule has 100 valence electrons. The highest BCUT2D eigenvalue weighted by atomic mass is 16.5. The Bertz CT molecular complexity index is 351. The average molecular weight is 251 g/mol. The van der Waals surface area contributed by atoms with Gasteiger partial charge in [0.15, 0.2) is 0 Å². The van der Waals surface area contributed by atoms with Crippen LogP contribution in [-0.2, 0) is 14.3 Å². The Hall–Kier alpha value is -1.32. The van der Waals surface area contributed by atoms with Crippen LogP contribution in [0, 0.1) is 11.8 Å². The molecule has 1 heterocycles. The fourth-order valence-corrected chi connectivity index (χ4v) is 2.56. The van der Waals surface area contributed by atoms with E-state index in [0.717, 1.165) is 19.3 Å². The summed E-state index contributed by atoms with van der Waals surface area (Å²) in [5.41, 5.74) is 0. The molecule has 1 amide bonds. The maximum absolute atomic E-state index is 11.9. The highest BCUT2D eigenvalue weighted by Crippen LogP contribution is 2.21. The van der Waals surface area contributed by atoms with Gasteiger partial charge in [-0.3, -0.25) is 9.59 Å². The number of rotatable bonds is 4. The quantitative estimate of drug-likeness (QED) is 0.565. The van der Waals surface area contributed by atoms with E-state index in [0.29, 0.717) is 32.0 Å². The first-order valence-electron chi connectivity index (χ1n) is 6.80. The van der Waals surface area contributed by atoms with Crippen molar-refractivity contribution in [2.75, 3.05) is 19.7 Å². The van der Waals surface area contributed by atoms with E-state index in [2.05, 4.69) is 12.2 Å². The standard InChI is InChI=1S/C14H21NO3/c1-2-15-9-12(8-13(15)16)14(17)18-10-11-6-4-3-5-7-11/h3-4,11-12H,2,5-10H2,1H3/t11-,12-/m1/s1.